The summed E-state index contributed by atoms with van der Waals surface area (Å²) in [5.74, 6) is 0.476. The Hall–Kier alpha value is -2.18. The van der Waals surface area contributed by atoms with Gasteiger partial charge in [0, 0.05) is 35.8 Å². The monoisotopic (exact) mass is 352 g/mol. The molecule has 0 bridgehead atoms. The standard InChI is InChI=1S/C19H20N4OS/c1-23-6-4-13(5-7-23)18(24)9-15-8-17-14(10-21-15)2-3-16(22-17)19-11-20-12-25-19/h2-3,8,10-13H,4-7,9H2,1H3. The number of nitrogens with zero attached hydrogens (tertiary/aromatic N) is 4. The predicted molar refractivity (Wildman–Crippen MR) is 99.6 cm³/mol. The van der Waals surface area contributed by atoms with Gasteiger partial charge in [0.05, 0.1) is 21.6 Å². The molecule has 3 aromatic rings. The van der Waals surface area contributed by atoms with Crippen molar-refractivity contribution in [2.75, 3.05) is 20.1 Å². The number of ketones is 1. The van der Waals surface area contributed by atoms with Gasteiger partial charge in [-0.15, -0.1) is 11.3 Å². The minimum Gasteiger partial charge on any atom is -0.306 e. The molecule has 6 heteroatoms. The quantitative estimate of drug-likeness (QED) is 0.722. The maximum atomic E-state index is 12.6. The zero-order valence-corrected chi connectivity index (χ0v) is 15.0. The molecule has 128 valence electrons. The lowest BCUT2D eigenvalue weighted by atomic mass is 9.90. The van der Waals surface area contributed by atoms with Crippen LogP contribution in [0, 0.1) is 5.92 Å². The fourth-order valence-electron chi connectivity index (χ4n) is 3.29. The number of aromatic nitrogens is 3. The molecule has 25 heavy (non-hydrogen) atoms. The lowest BCUT2D eigenvalue weighted by molar-refractivity contribution is -0.123. The molecule has 0 unspecified atom stereocenters. The van der Waals surface area contributed by atoms with Crippen LogP contribution in [0.25, 0.3) is 21.5 Å². The summed E-state index contributed by atoms with van der Waals surface area (Å²) in [6, 6.07) is 5.96. The van der Waals surface area contributed by atoms with E-state index in [4.69, 9.17) is 4.98 Å². The van der Waals surface area contributed by atoms with Gasteiger partial charge in [-0.3, -0.25) is 14.8 Å². The van der Waals surface area contributed by atoms with Gasteiger partial charge in [-0.25, -0.2) is 4.98 Å². The van der Waals surface area contributed by atoms with Gasteiger partial charge in [-0.2, -0.15) is 0 Å². The lowest BCUT2D eigenvalue weighted by Gasteiger charge is -2.27. The number of Topliss-reactive ketones (excluding diaryl/α,β-unsaturated/α-hetero) is 1. The largest absolute Gasteiger partial charge is 0.306 e. The Morgan fingerprint density at radius 2 is 2.12 bits per heavy atom. The highest BCUT2D eigenvalue weighted by Gasteiger charge is 2.23. The first kappa shape index (κ1) is 16.3. The first-order valence-electron chi connectivity index (χ1n) is 8.55. The molecular formula is C19H20N4OS. The smallest absolute Gasteiger partial charge is 0.142 e. The average Bonchev–Trinajstić information content (AvgIpc) is 3.16. The summed E-state index contributed by atoms with van der Waals surface area (Å²) in [4.78, 5) is 29.2. The van der Waals surface area contributed by atoms with Gasteiger partial charge in [-0.05, 0) is 51.2 Å². The fraction of sp³-hybridized carbons (Fsp3) is 0.368. The normalized spacial score (nSPS) is 16.4. The van der Waals surface area contributed by atoms with Gasteiger partial charge < -0.3 is 4.90 Å². The van der Waals surface area contributed by atoms with Crippen molar-refractivity contribution in [3.8, 4) is 10.6 Å². The number of fused-ring (bicyclic) bond motifs is 1. The Balaban J connectivity index is 1.54. The molecule has 0 N–H and O–H groups in total. The average molecular weight is 352 g/mol. The molecule has 5 nitrogen and oxygen atoms in total. The number of hydrogen-bond acceptors (Lipinski definition) is 6. The van der Waals surface area contributed by atoms with Crippen molar-refractivity contribution in [2.45, 2.75) is 19.3 Å². The van der Waals surface area contributed by atoms with Crippen molar-refractivity contribution in [1.82, 2.24) is 19.9 Å². The zero-order valence-electron chi connectivity index (χ0n) is 14.2. The van der Waals surface area contributed by atoms with E-state index in [1.54, 1.807) is 16.8 Å². The van der Waals surface area contributed by atoms with Crippen LogP contribution in [0.4, 0.5) is 0 Å². The summed E-state index contributed by atoms with van der Waals surface area (Å²) in [6.45, 7) is 2.00. The second-order valence-corrected chi connectivity index (χ2v) is 7.54. The van der Waals surface area contributed by atoms with Crippen molar-refractivity contribution < 1.29 is 4.79 Å². The fourth-order valence-corrected chi connectivity index (χ4v) is 3.88. The summed E-state index contributed by atoms with van der Waals surface area (Å²) in [5, 5.41) is 0.990. The highest BCUT2D eigenvalue weighted by molar-refractivity contribution is 7.13. The van der Waals surface area contributed by atoms with Crippen molar-refractivity contribution in [3.05, 3.63) is 41.8 Å². The molecule has 3 aromatic heterocycles. The predicted octanol–water partition coefficient (Wildman–Crippen LogP) is 3.21. The maximum Gasteiger partial charge on any atom is 0.142 e. The molecule has 1 aliphatic heterocycles. The van der Waals surface area contributed by atoms with Gasteiger partial charge in [0.1, 0.15) is 5.78 Å². The molecule has 4 rings (SSSR count). The van der Waals surface area contributed by atoms with Crippen LogP contribution < -0.4 is 0 Å². The Kier molecular flexibility index (Phi) is 4.55. The van der Waals surface area contributed by atoms with Gasteiger partial charge in [0.2, 0.25) is 0 Å². The van der Waals surface area contributed by atoms with Crippen LogP contribution >= 0.6 is 11.3 Å². The third-order valence-electron chi connectivity index (χ3n) is 4.84. The Labute approximate surface area is 150 Å². The number of likely N-dealkylation sites (tertiary alicyclic amines) is 1. The minimum atomic E-state index is 0.171. The molecule has 1 fully saturated rings. The van der Waals surface area contributed by atoms with Gasteiger partial charge >= 0.3 is 0 Å². The Morgan fingerprint density at radius 3 is 2.88 bits per heavy atom. The van der Waals surface area contributed by atoms with Crippen molar-refractivity contribution in [1.29, 1.82) is 0 Å². The molecule has 0 aromatic carbocycles. The molecule has 0 aliphatic carbocycles. The lowest BCUT2D eigenvalue weighted by Crippen LogP contribution is -2.34. The van der Waals surface area contributed by atoms with Crippen molar-refractivity contribution in [2.24, 2.45) is 5.92 Å². The van der Waals surface area contributed by atoms with E-state index in [9.17, 15) is 4.79 Å². The van der Waals surface area contributed by atoms with E-state index in [1.807, 2.05) is 30.6 Å². The third-order valence-corrected chi connectivity index (χ3v) is 5.64. The van der Waals surface area contributed by atoms with E-state index in [-0.39, 0.29) is 5.92 Å². The zero-order chi connectivity index (χ0) is 17.2. The van der Waals surface area contributed by atoms with Crippen LogP contribution in [0.1, 0.15) is 18.5 Å². The molecular weight excluding hydrogens is 332 g/mol. The van der Waals surface area contributed by atoms with Crippen LogP contribution in [0.2, 0.25) is 0 Å². The second kappa shape index (κ2) is 6.98. The van der Waals surface area contributed by atoms with Crippen LogP contribution in [0.15, 0.2) is 36.1 Å². The number of hydrogen-bond donors (Lipinski definition) is 0. The topological polar surface area (TPSA) is 59.0 Å². The van der Waals surface area contributed by atoms with E-state index in [0.29, 0.717) is 12.2 Å². The Morgan fingerprint density at radius 1 is 1.28 bits per heavy atom. The summed E-state index contributed by atoms with van der Waals surface area (Å²) in [5.41, 5.74) is 4.41. The number of piperidine rings is 1. The van der Waals surface area contributed by atoms with Crippen LogP contribution in [-0.4, -0.2) is 45.8 Å². The van der Waals surface area contributed by atoms with Gasteiger partial charge in [0.25, 0.3) is 0 Å². The highest BCUT2D eigenvalue weighted by Crippen LogP contribution is 2.24. The summed E-state index contributed by atoms with van der Waals surface area (Å²) in [7, 11) is 2.11. The molecule has 1 aliphatic rings. The number of thiazole rings is 1. The SMILES string of the molecule is CN1CCC(C(=O)Cc2cc3nc(-c4cncs4)ccc3cn2)CC1. The van der Waals surface area contributed by atoms with Crippen LogP contribution in [0.3, 0.4) is 0 Å². The van der Waals surface area contributed by atoms with Gasteiger partial charge in [0.15, 0.2) is 0 Å². The van der Waals surface area contributed by atoms with Gasteiger partial charge in [-0.1, -0.05) is 0 Å². The number of carbonyl (C=O) groups excluding carboxylic acids is 1. The summed E-state index contributed by atoms with van der Waals surface area (Å²) >= 11 is 1.57. The van der Waals surface area contributed by atoms with Crippen LogP contribution in [-0.2, 0) is 11.2 Å². The minimum absolute atomic E-state index is 0.171. The van der Waals surface area contributed by atoms with E-state index < -0.39 is 0 Å². The molecule has 0 radical (unpaired) electrons. The first-order valence-corrected chi connectivity index (χ1v) is 9.43. The number of pyridine rings is 2. The summed E-state index contributed by atoms with van der Waals surface area (Å²) in [6.07, 6.45) is 5.95. The third kappa shape index (κ3) is 3.60. The van der Waals surface area contributed by atoms with Crippen molar-refractivity contribution in [3.63, 3.8) is 0 Å². The molecule has 0 amide bonds. The van der Waals surface area contributed by atoms with Crippen LogP contribution in [0.5, 0.6) is 0 Å². The molecule has 0 spiro atoms. The maximum absolute atomic E-state index is 12.6. The highest BCUT2D eigenvalue weighted by atomic mass is 32.1. The summed E-state index contributed by atoms with van der Waals surface area (Å²) < 4.78 is 0. The Bertz CT molecular complexity index is 886. The van der Waals surface area contributed by atoms with E-state index in [0.717, 1.165) is 53.1 Å². The molecule has 1 saturated heterocycles. The molecule has 0 saturated carbocycles. The molecule has 0 atom stereocenters. The first-order chi connectivity index (χ1) is 12.2. The molecule has 4 heterocycles. The van der Waals surface area contributed by atoms with E-state index in [2.05, 4.69) is 21.9 Å². The van der Waals surface area contributed by atoms with E-state index >= 15 is 0 Å². The number of carbonyl (C=O) groups is 1. The van der Waals surface area contributed by atoms with Crippen molar-refractivity contribution >= 4 is 28.0 Å². The van der Waals surface area contributed by atoms with E-state index in [1.165, 1.54) is 0 Å². The second-order valence-electron chi connectivity index (χ2n) is 6.65. The number of rotatable bonds is 4.